The Hall–Kier alpha value is -7.84. The summed E-state index contributed by atoms with van der Waals surface area (Å²) >= 11 is 7.61. The van der Waals surface area contributed by atoms with Gasteiger partial charge in [-0.25, -0.2) is 96.6 Å². The molecule has 9 aromatic rings. The number of hydrogen-bond donors (Lipinski definition) is 0. The Morgan fingerprint density at radius 2 is 0.573 bits per heavy atom. The van der Waals surface area contributed by atoms with Crippen LogP contribution in [0.25, 0.3) is 0 Å². The molecular weight excluding hydrogens is 1200 g/mol. The van der Waals surface area contributed by atoms with E-state index in [1.54, 1.807) is 60.3 Å². The average molecular weight is 1230 g/mol. The molecule has 0 heterocycles. The largest absolute Gasteiger partial charge is 0.289 e. The van der Waals surface area contributed by atoms with Crippen molar-refractivity contribution < 1.29 is 101 Å². The highest BCUT2D eigenvalue weighted by Crippen LogP contribution is 2.36. The van der Waals surface area contributed by atoms with Gasteiger partial charge in [-0.3, -0.25) is 4.79 Å². The molecule has 9 aromatic carbocycles. The van der Waals surface area contributed by atoms with Gasteiger partial charge in [-0.2, -0.15) is 0 Å². The van der Waals surface area contributed by atoms with Crippen LogP contribution < -0.4 is 21.9 Å². The van der Waals surface area contributed by atoms with Crippen molar-refractivity contribution in [3.8, 4) is 0 Å². The van der Waals surface area contributed by atoms with E-state index < -0.39 is 155 Å². The molecule has 0 saturated carbocycles. The summed E-state index contributed by atoms with van der Waals surface area (Å²) in [6.07, 6.45) is -7.22. The number of carbonyl (C=O) groups is 1. The summed E-state index contributed by atoms with van der Waals surface area (Å²) in [7, 11) is -0.504. The standard InChI is InChI=1S/C31H20ClF2OS2.C24BF20/c32-23-3-1-2-22(20-23)31(35)21-4-10-26(11-5-21)36-27-12-18-30(19-13-27)37(28-14-6-24(33)7-15-28)29-16-8-25(34)9-17-29;26-5-1(6(27)14(35)21(42)13(5)34)25(2-7(28)15(36)22(43)16(37)8(2)29,3-9(30)17(38)23(44)18(39)10(3)31)4-11(32)19(40)24(45)20(41)12(4)33/h1-20H;/q+1;-1. The molecule has 422 valence electrons. The van der Waals surface area contributed by atoms with Crippen LogP contribution in [0.15, 0.2) is 146 Å². The van der Waals surface area contributed by atoms with Gasteiger partial charge in [-0.05, 0) is 109 Å². The maximum Gasteiger partial charge on any atom is 0.200 e. The lowest BCUT2D eigenvalue weighted by molar-refractivity contribution is 0.103. The van der Waals surface area contributed by atoms with Gasteiger partial charge in [-0.15, -0.1) is 21.9 Å². The van der Waals surface area contributed by atoms with Gasteiger partial charge < -0.3 is 0 Å². The molecule has 0 fully saturated rings. The zero-order chi connectivity index (χ0) is 60.1. The monoisotopic (exact) mass is 1220 g/mol. The minimum Gasteiger partial charge on any atom is -0.289 e. The van der Waals surface area contributed by atoms with Crippen molar-refractivity contribution in [3.05, 3.63) is 265 Å². The molecule has 0 radical (unpaired) electrons. The zero-order valence-corrected chi connectivity index (χ0v) is 41.9. The van der Waals surface area contributed by atoms with Crippen LogP contribution in [0.2, 0.25) is 5.02 Å². The normalized spacial score (nSPS) is 11.6. The van der Waals surface area contributed by atoms with E-state index in [9.17, 15) is 66.3 Å². The van der Waals surface area contributed by atoms with Gasteiger partial charge in [0.1, 0.15) is 64.3 Å². The zero-order valence-electron chi connectivity index (χ0n) is 39.5. The Morgan fingerprint density at radius 1 is 0.317 bits per heavy atom. The number of carbonyl (C=O) groups excluding carboxylic acids is 1. The van der Waals surface area contributed by atoms with Crippen molar-refractivity contribution in [1.82, 2.24) is 0 Å². The molecule has 82 heavy (non-hydrogen) atoms. The lowest BCUT2D eigenvalue weighted by atomic mass is 9.12. The van der Waals surface area contributed by atoms with Crippen LogP contribution >= 0.6 is 23.4 Å². The molecule has 9 rings (SSSR count). The maximum absolute atomic E-state index is 15.4. The SMILES string of the molecule is Fc1c(F)c(F)c([B-](c2c(F)c(F)c(F)c(F)c2F)(c2c(F)c(F)c(F)c(F)c2F)c2c(F)c(F)c(F)c(F)c2F)c(F)c1F.O=C(c1ccc(Sc2ccc([S+](c3ccc(F)cc3)c3ccc(F)cc3)cc2)cc1)c1cccc(Cl)c1. The second kappa shape index (κ2) is 23.6. The third-order valence-electron chi connectivity index (χ3n) is 12.3. The Bertz CT molecular complexity index is 3580. The van der Waals surface area contributed by atoms with E-state index in [4.69, 9.17) is 11.6 Å². The van der Waals surface area contributed by atoms with Crippen molar-refractivity contribution in [2.45, 2.75) is 24.5 Å². The van der Waals surface area contributed by atoms with Crippen molar-refractivity contribution in [1.29, 1.82) is 0 Å². The van der Waals surface area contributed by atoms with E-state index in [1.807, 2.05) is 36.4 Å². The minimum atomic E-state index is -7.22. The number of hydrogen-bond acceptors (Lipinski definition) is 2. The van der Waals surface area contributed by atoms with E-state index >= 15 is 35.1 Å². The highest BCUT2D eigenvalue weighted by atomic mass is 35.5. The third-order valence-corrected chi connectivity index (χ3v) is 15.8. The molecule has 0 spiro atoms. The van der Waals surface area contributed by atoms with Crippen molar-refractivity contribution in [2.75, 3.05) is 0 Å². The molecule has 0 N–H and O–H groups in total. The molecule has 0 saturated heterocycles. The topological polar surface area (TPSA) is 17.1 Å². The fourth-order valence-corrected chi connectivity index (χ4v) is 11.7. The molecule has 0 aromatic heterocycles. The van der Waals surface area contributed by atoms with Crippen molar-refractivity contribution >= 4 is 68.0 Å². The van der Waals surface area contributed by atoms with E-state index in [2.05, 4.69) is 12.1 Å². The number of rotatable bonds is 11. The van der Waals surface area contributed by atoms with E-state index in [1.165, 1.54) is 24.3 Å². The van der Waals surface area contributed by atoms with Gasteiger partial charge in [0.05, 0.1) is 10.9 Å². The first-order valence-electron chi connectivity index (χ1n) is 22.3. The van der Waals surface area contributed by atoms with Crippen LogP contribution in [0.1, 0.15) is 15.9 Å². The second-order valence-electron chi connectivity index (χ2n) is 17.0. The molecule has 1 nitrogen and oxygen atoms in total. The molecule has 0 bridgehead atoms. The predicted molar refractivity (Wildman–Crippen MR) is 256 cm³/mol. The molecule has 0 aliphatic heterocycles. The van der Waals surface area contributed by atoms with E-state index in [-0.39, 0.29) is 17.4 Å². The first-order valence-corrected chi connectivity index (χ1v) is 24.8. The average Bonchev–Trinajstić information content (AvgIpc) is 1.31. The lowest BCUT2D eigenvalue weighted by Gasteiger charge is -2.44. The summed E-state index contributed by atoms with van der Waals surface area (Å²) in [6, 6.07) is 35.5. The highest BCUT2D eigenvalue weighted by Gasteiger charge is 2.52. The minimum absolute atomic E-state index is 0.0722. The van der Waals surface area contributed by atoms with Gasteiger partial charge in [0.25, 0.3) is 0 Å². The molecular formula is C55H20BClF22OS2. The summed E-state index contributed by atoms with van der Waals surface area (Å²) in [5, 5.41) is 0.531. The van der Waals surface area contributed by atoms with Crippen LogP contribution in [0.5, 0.6) is 0 Å². The highest BCUT2D eigenvalue weighted by molar-refractivity contribution is 7.99. The molecule has 0 aliphatic carbocycles. The van der Waals surface area contributed by atoms with Crippen LogP contribution in [0.3, 0.4) is 0 Å². The Labute approximate surface area is 457 Å². The second-order valence-corrected chi connectivity index (χ2v) is 20.6. The van der Waals surface area contributed by atoms with Gasteiger partial charge in [0, 0.05) is 25.9 Å². The number of benzene rings is 9. The molecule has 0 aliphatic rings. The van der Waals surface area contributed by atoms with Crippen molar-refractivity contribution in [2.24, 2.45) is 0 Å². The maximum atomic E-state index is 15.4. The molecule has 27 heteroatoms. The quantitative estimate of drug-likeness (QED) is 0.0321. The van der Waals surface area contributed by atoms with E-state index in [0.29, 0.717) is 16.1 Å². The Kier molecular flexibility index (Phi) is 17.3. The van der Waals surface area contributed by atoms with Crippen LogP contribution in [0.4, 0.5) is 96.6 Å². The van der Waals surface area contributed by atoms with Gasteiger partial charge in [0.2, 0.25) is 0 Å². The smallest absolute Gasteiger partial charge is 0.200 e. The summed E-state index contributed by atoms with van der Waals surface area (Å²) < 4.78 is 321. The summed E-state index contributed by atoms with van der Waals surface area (Å²) in [6.45, 7) is 0. The van der Waals surface area contributed by atoms with Gasteiger partial charge in [0.15, 0.2) is 90.3 Å². The first-order chi connectivity index (χ1) is 38.7. The summed E-state index contributed by atoms with van der Waals surface area (Å²) in [5.41, 5.74) is -13.2. The Morgan fingerprint density at radius 3 is 0.854 bits per heavy atom. The third kappa shape index (κ3) is 10.5. The fourth-order valence-electron chi connectivity index (χ4n) is 8.67. The van der Waals surface area contributed by atoms with E-state index in [0.717, 1.165) is 24.5 Å². The number of halogens is 23. The van der Waals surface area contributed by atoms with Gasteiger partial charge in [-0.1, -0.05) is 35.5 Å². The van der Waals surface area contributed by atoms with Crippen LogP contribution in [-0.4, -0.2) is 11.9 Å². The Balaban J connectivity index is 0.000000218. The first kappa shape index (κ1) is 60.3. The van der Waals surface area contributed by atoms with Gasteiger partial charge >= 0.3 is 0 Å². The van der Waals surface area contributed by atoms with Crippen molar-refractivity contribution in [3.63, 3.8) is 0 Å². The van der Waals surface area contributed by atoms with Crippen LogP contribution in [-0.2, 0) is 10.9 Å². The number of ketones is 1. The fraction of sp³-hybridized carbons (Fsp3) is 0. The van der Waals surface area contributed by atoms with Crippen LogP contribution in [0, 0.1) is 128 Å². The molecule has 0 amide bonds. The summed E-state index contributed by atoms with van der Waals surface area (Å²) in [4.78, 5) is 17.7. The molecule has 0 atom stereocenters. The molecule has 0 unspecified atom stereocenters. The summed E-state index contributed by atoms with van der Waals surface area (Å²) in [5.74, 6) is -72.1. The predicted octanol–water partition coefficient (Wildman–Crippen LogP) is 14.9. The lowest BCUT2D eigenvalue weighted by Crippen LogP contribution is -2.81.